The number of nitrogens with two attached hydrogens (primary N) is 1. The molecule has 0 aliphatic carbocycles. The summed E-state index contributed by atoms with van der Waals surface area (Å²) in [5.41, 5.74) is 8.23. The van der Waals surface area contributed by atoms with Gasteiger partial charge in [-0.25, -0.2) is 4.98 Å². The van der Waals surface area contributed by atoms with E-state index in [2.05, 4.69) is 41.5 Å². The molecule has 4 heteroatoms. The summed E-state index contributed by atoms with van der Waals surface area (Å²) in [6.45, 7) is 2.17. The van der Waals surface area contributed by atoms with Crippen molar-refractivity contribution in [2.45, 2.75) is 24.3 Å². The second-order valence-electron chi connectivity index (χ2n) is 4.64. The number of anilines is 1. The highest BCUT2D eigenvalue weighted by Crippen LogP contribution is 2.23. The van der Waals surface area contributed by atoms with Crippen molar-refractivity contribution in [1.82, 2.24) is 10.3 Å². The lowest BCUT2D eigenvalue weighted by Gasteiger charge is -2.17. The van der Waals surface area contributed by atoms with Crippen molar-refractivity contribution in [2.75, 3.05) is 18.5 Å². The Bertz CT molecular complexity index is 540. The van der Waals surface area contributed by atoms with Crippen molar-refractivity contribution in [3.05, 3.63) is 53.7 Å². The van der Waals surface area contributed by atoms with Gasteiger partial charge in [0.2, 0.25) is 0 Å². The number of nitrogen functional groups attached to an aromatic ring is 1. The molecule has 20 heavy (non-hydrogen) atoms. The van der Waals surface area contributed by atoms with Gasteiger partial charge in [0, 0.05) is 17.1 Å². The van der Waals surface area contributed by atoms with Crippen LogP contribution in [-0.2, 0) is 6.42 Å². The Balaban J connectivity index is 2.11. The lowest BCUT2D eigenvalue weighted by molar-refractivity contribution is 0.591. The van der Waals surface area contributed by atoms with Gasteiger partial charge in [-0.15, -0.1) is 11.8 Å². The molecule has 1 heterocycles. The molecule has 0 aliphatic heterocycles. The molecule has 0 fully saturated rings. The molecule has 0 radical (unpaired) electrons. The zero-order valence-corrected chi connectivity index (χ0v) is 12.8. The van der Waals surface area contributed by atoms with Gasteiger partial charge in [0.15, 0.2) is 0 Å². The third kappa shape index (κ3) is 3.99. The topological polar surface area (TPSA) is 50.9 Å². The third-order valence-electron chi connectivity index (χ3n) is 3.23. The Morgan fingerprint density at radius 1 is 1.25 bits per heavy atom. The second-order valence-corrected chi connectivity index (χ2v) is 5.97. The van der Waals surface area contributed by atoms with Crippen LogP contribution in [0.1, 0.15) is 24.1 Å². The van der Waals surface area contributed by atoms with Crippen molar-refractivity contribution < 1.29 is 0 Å². The van der Waals surface area contributed by atoms with Gasteiger partial charge in [0.05, 0.1) is 0 Å². The molecule has 106 valence electrons. The number of thioether (sulfide) groups is 1. The van der Waals surface area contributed by atoms with Crippen LogP contribution < -0.4 is 11.1 Å². The molecule has 0 saturated heterocycles. The van der Waals surface area contributed by atoms with Crippen LogP contribution in [0.3, 0.4) is 0 Å². The van der Waals surface area contributed by atoms with Crippen LogP contribution in [0.2, 0.25) is 0 Å². The maximum absolute atomic E-state index is 5.73. The summed E-state index contributed by atoms with van der Waals surface area (Å²) in [5, 5.41) is 3.37. The Kier molecular flexibility index (Phi) is 5.44. The van der Waals surface area contributed by atoms with E-state index in [4.69, 9.17) is 5.73 Å². The number of benzene rings is 1. The molecule has 0 bridgehead atoms. The number of hydrogen-bond donors (Lipinski definition) is 2. The molecular weight excluding hydrogens is 266 g/mol. The van der Waals surface area contributed by atoms with E-state index < -0.39 is 0 Å². The van der Waals surface area contributed by atoms with Crippen molar-refractivity contribution in [3.8, 4) is 0 Å². The largest absolute Gasteiger partial charge is 0.384 e. The summed E-state index contributed by atoms with van der Waals surface area (Å²) in [5.74, 6) is 1.68. The van der Waals surface area contributed by atoms with E-state index in [1.54, 1.807) is 6.20 Å². The van der Waals surface area contributed by atoms with Gasteiger partial charge >= 0.3 is 0 Å². The fraction of sp³-hybridized carbons (Fsp3) is 0.312. The zero-order valence-electron chi connectivity index (χ0n) is 12.0. The Labute approximate surface area is 125 Å². The summed E-state index contributed by atoms with van der Waals surface area (Å²) >= 11 is 1.86. The zero-order chi connectivity index (χ0) is 14.4. The van der Waals surface area contributed by atoms with E-state index in [1.165, 1.54) is 16.0 Å². The standard InChI is InChI=1S/C16H21N3S/c1-3-20-14-6-4-13(5-7-14)15(18-2)10-12-8-9-19-16(17)11-12/h4-9,11,15,18H,3,10H2,1-2H3,(H2,17,19). The van der Waals surface area contributed by atoms with E-state index in [0.29, 0.717) is 5.82 Å². The van der Waals surface area contributed by atoms with Crippen LogP contribution in [0.25, 0.3) is 0 Å². The first kappa shape index (κ1) is 14.9. The van der Waals surface area contributed by atoms with Gasteiger partial charge < -0.3 is 11.1 Å². The molecule has 2 aromatic rings. The lowest BCUT2D eigenvalue weighted by atomic mass is 9.99. The number of hydrogen-bond acceptors (Lipinski definition) is 4. The van der Waals surface area contributed by atoms with Crippen LogP contribution >= 0.6 is 11.8 Å². The van der Waals surface area contributed by atoms with E-state index in [0.717, 1.165) is 12.2 Å². The molecule has 1 atom stereocenters. The van der Waals surface area contributed by atoms with Gasteiger partial charge in [-0.2, -0.15) is 0 Å². The molecule has 0 spiro atoms. The summed E-state index contributed by atoms with van der Waals surface area (Å²) < 4.78 is 0. The fourth-order valence-electron chi connectivity index (χ4n) is 2.21. The number of nitrogens with one attached hydrogen (secondary N) is 1. The van der Waals surface area contributed by atoms with Crippen molar-refractivity contribution in [1.29, 1.82) is 0 Å². The molecule has 0 aliphatic rings. The minimum absolute atomic E-state index is 0.289. The smallest absolute Gasteiger partial charge is 0.123 e. The molecule has 2 rings (SSSR count). The van der Waals surface area contributed by atoms with E-state index in [1.807, 2.05) is 30.9 Å². The normalized spacial score (nSPS) is 12.3. The minimum Gasteiger partial charge on any atom is -0.384 e. The summed E-state index contributed by atoms with van der Waals surface area (Å²) in [6, 6.07) is 13.0. The maximum atomic E-state index is 5.73. The van der Waals surface area contributed by atoms with Gasteiger partial charge in [0.25, 0.3) is 0 Å². The molecule has 1 unspecified atom stereocenters. The van der Waals surface area contributed by atoms with Crippen molar-refractivity contribution >= 4 is 17.6 Å². The van der Waals surface area contributed by atoms with Crippen molar-refractivity contribution in [2.24, 2.45) is 0 Å². The monoisotopic (exact) mass is 287 g/mol. The molecule has 3 N–H and O–H groups in total. The maximum Gasteiger partial charge on any atom is 0.123 e. The van der Waals surface area contributed by atoms with Gasteiger partial charge in [-0.1, -0.05) is 19.1 Å². The predicted octanol–water partition coefficient (Wildman–Crippen LogP) is 3.28. The molecule has 1 aromatic heterocycles. The highest BCUT2D eigenvalue weighted by atomic mass is 32.2. The van der Waals surface area contributed by atoms with Crippen LogP contribution in [0.5, 0.6) is 0 Å². The van der Waals surface area contributed by atoms with E-state index in [9.17, 15) is 0 Å². The number of pyridine rings is 1. The fourth-order valence-corrected chi connectivity index (χ4v) is 2.87. The second kappa shape index (κ2) is 7.31. The number of nitrogens with zero attached hydrogens (tertiary/aromatic N) is 1. The Morgan fingerprint density at radius 3 is 2.60 bits per heavy atom. The average molecular weight is 287 g/mol. The summed E-state index contributed by atoms with van der Waals surface area (Å²) in [4.78, 5) is 5.35. The first-order valence-electron chi connectivity index (χ1n) is 6.83. The molecule has 3 nitrogen and oxygen atoms in total. The van der Waals surface area contributed by atoms with Gasteiger partial charge in [-0.3, -0.25) is 0 Å². The summed E-state index contributed by atoms with van der Waals surface area (Å²) in [7, 11) is 1.99. The van der Waals surface area contributed by atoms with Crippen molar-refractivity contribution in [3.63, 3.8) is 0 Å². The first-order valence-corrected chi connectivity index (χ1v) is 7.82. The van der Waals surface area contributed by atoms with Crippen LogP contribution in [-0.4, -0.2) is 17.8 Å². The Hall–Kier alpha value is -1.52. The highest BCUT2D eigenvalue weighted by molar-refractivity contribution is 7.99. The van der Waals surface area contributed by atoms with Gasteiger partial charge in [0.1, 0.15) is 5.82 Å². The number of likely N-dealkylation sites (N-methyl/N-ethyl adjacent to an activating group) is 1. The Morgan fingerprint density at radius 2 is 2.00 bits per heavy atom. The molecule has 0 saturated carbocycles. The average Bonchev–Trinajstić information content (AvgIpc) is 2.46. The van der Waals surface area contributed by atoms with E-state index >= 15 is 0 Å². The number of rotatable bonds is 6. The molecular formula is C16H21N3S. The first-order chi connectivity index (χ1) is 9.72. The SMILES string of the molecule is CCSc1ccc(C(Cc2ccnc(N)c2)NC)cc1. The minimum atomic E-state index is 0.289. The summed E-state index contributed by atoms with van der Waals surface area (Å²) in [6.07, 6.45) is 2.67. The molecule has 0 amide bonds. The predicted molar refractivity (Wildman–Crippen MR) is 87.0 cm³/mol. The van der Waals surface area contributed by atoms with Crippen LogP contribution in [0.15, 0.2) is 47.5 Å². The third-order valence-corrected chi connectivity index (χ3v) is 4.12. The molecule has 1 aromatic carbocycles. The number of aromatic nitrogens is 1. The van der Waals surface area contributed by atoms with Crippen LogP contribution in [0, 0.1) is 0 Å². The quantitative estimate of drug-likeness (QED) is 0.801. The highest BCUT2D eigenvalue weighted by Gasteiger charge is 2.10. The lowest BCUT2D eigenvalue weighted by Crippen LogP contribution is -2.18. The van der Waals surface area contributed by atoms with Crippen LogP contribution in [0.4, 0.5) is 5.82 Å². The van der Waals surface area contributed by atoms with Gasteiger partial charge in [-0.05, 0) is 54.6 Å². The van der Waals surface area contributed by atoms with E-state index in [-0.39, 0.29) is 6.04 Å².